The Kier molecular flexibility index (Phi) is 12.4. The van der Waals surface area contributed by atoms with Gasteiger partial charge < -0.3 is 15.4 Å². The summed E-state index contributed by atoms with van der Waals surface area (Å²) in [6.45, 7) is 11.3. The molecule has 1 saturated heterocycles. The van der Waals surface area contributed by atoms with Crippen LogP contribution in [0, 0.1) is 0 Å². The van der Waals surface area contributed by atoms with E-state index in [1.54, 1.807) is 7.11 Å². The van der Waals surface area contributed by atoms with Gasteiger partial charge in [-0.05, 0) is 39.7 Å². The van der Waals surface area contributed by atoms with Gasteiger partial charge in [-0.15, -0.1) is 24.0 Å². The van der Waals surface area contributed by atoms with Crippen molar-refractivity contribution in [3.63, 3.8) is 0 Å². The summed E-state index contributed by atoms with van der Waals surface area (Å²) in [4.78, 5) is 7.25. The van der Waals surface area contributed by atoms with Crippen molar-refractivity contribution in [2.24, 2.45) is 4.99 Å². The molecule has 0 radical (unpaired) electrons. The predicted molar refractivity (Wildman–Crippen MR) is 101 cm³/mol. The van der Waals surface area contributed by atoms with Crippen LogP contribution in [0.15, 0.2) is 4.99 Å². The highest BCUT2D eigenvalue weighted by molar-refractivity contribution is 14.0. The van der Waals surface area contributed by atoms with Crippen LogP contribution in [-0.2, 0) is 4.74 Å². The number of hydrogen-bond donors (Lipinski definition) is 2. The average Bonchev–Trinajstić information content (AvgIpc) is 2.90. The number of nitrogens with one attached hydrogen (secondary N) is 2. The van der Waals surface area contributed by atoms with E-state index in [2.05, 4.69) is 36.3 Å². The molecule has 2 N–H and O–H groups in total. The molecule has 0 saturated carbocycles. The zero-order chi connectivity index (χ0) is 14.8. The van der Waals surface area contributed by atoms with Crippen LogP contribution in [0.2, 0.25) is 0 Å². The Morgan fingerprint density at radius 1 is 1.43 bits per heavy atom. The van der Waals surface area contributed by atoms with Gasteiger partial charge in [0.1, 0.15) is 0 Å². The second-order valence-electron chi connectivity index (χ2n) is 5.50. The Labute approximate surface area is 147 Å². The maximum Gasteiger partial charge on any atom is 0.191 e. The lowest BCUT2D eigenvalue weighted by Crippen LogP contribution is -2.43. The first-order valence-corrected chi connectivity index (χ1v) is 7.99. The van der Waals surface area contributed by atoms with Gasteiger partial charge in [0, 0.05) is 32.3 Å². The van der Waals surface area contributed by atoms with Crippen molar-refractivity contribution >= 4 is 29.9 Å². The van der Waals surface area contributed by atoms with Crippen LogP contribution in [0.5, 0.6) is 0 Å². The molecule has 1 fully saturated rings. The molecule has 0 aromatic heterocycles. The molecule has 1 aliphatic rings. The molecule has 6 heteroatoms. The normalized spacial score (nSPS) is 21.0. The molecule has 0 aromatic rings. The molecular weight excluding hydrogens is 379 g/mol. The first kappa shape index (κ1) is 20.9. The number of guanidine groups is 1. The summed E-state index contributed by atoms with van der Waals surface area (Å²) in [6.07, 6.45) is 3.63. The summed E-state index contributed by atoms with van der Waals surface area (Å²) in [5.74, 6) is 0.945. The standard InChI is InChI=1S/C15H32N4O.HI/c1-5-13(3)18-15(16-6-2)17-12-14-8-7-9-19(14)10-11-20-4;/h13-14H,5-12H2,1-4H3,(H2,16,17,18);1H. The van der Waals surface area contributed by atoms with Crippen molar-refractivity contribution < 1.29 is 4.74 Å². The SMILES string of the molecule is CCNC(=NCC1CCCN1CCOC)NC(C)CC.I. The minimum atomic E-state index is 0. The lowest BCUT2D eigenvalue weighted by molar-refractivity contribution is 0.142. The lowest BCUT2D eigenvalue weighted by Gasteiger charge is -2.23. The Balaban J connectivity index is 0.00000400. The molecule has 126 valence electrons. The van der Waals surface area contributed by atoms with Crippen molar-refractivity contribution in [2.45, 2.75) is 52.1 Å². The first-order chi connectivity index (χ1) is 9.71. The first-order valence-electron chi connectivity index (χ1n) is 7.99. The van der Waals surface area contributed by atoms with E-state index in [0.717, 1.165) is 38.6 Å². The van der Waals surface area contributed by atoms with E-state index in [4.69, 9.17) is 9.73 Å². The van der Waals surface area contributed by atoms with Gasteiger partial charge in [0.05, 0.1) is 13.2 Å². The van der Waals surface area contributed by atoms with Gasteiger partial charge in [-0.25, -0.2) is 0 Å². The van der Waals surface area contributed by atoms with Crippen molar-refractivity contribution in [2.75, 3.05) is 39.9 Å². The quantitative estimate of drug-likeness (QED) is 0.364. The number of ether oxygens (including phenoxy) is 1. The number of halogens is 1. The van der Waals surface area contributed by atoms with Gasteiger partial charge >= 0.3 is 0 Å². The molecule has 2 atom stereocenters. The maximum atomic E-state index is 5.18. The molecular formula is C15H33IN4O. The van der Waals surface area contributed by atoms with Crippen LogP contribution in [0.1, 0.15) is 40.0 Å². The van der Waals surface area contributed by atoms with Crippen molar-refractivity contribution in [3.8, 4) is 0 Å². The Morgan fingerprint density at radius 2 is 2.19 bits per heavy atom. The largest absolute Gasteiger partial charge is 0.383 e. The summed E-state index contributed by atoms with van der Waals surface area (Å²) in [5, 5.41) is 6.77. The summed E-state index contributed by atoms with van der Waals surface area (Å²) < 4.78 is 5.18. The fourth-order valence-corrected chi connectivity index (χ4v) is 2.46. The third kappa shape index (κ3) is 8.21. The molecule has 21 heavy (non-hydrogen) atoms. The highest BCUT2D eigenvalue weighted by Crippen LogP contribution is 2.16. The van der Waals surface area contributed by atoms with E-state index >= 15 is 0 Å². The van der Waals surface area contributed by atoms with Crippen LogP contribution in [0.25, 0.3) is 0 Å². The Bertz CT molecular complexity index is 289. The second kappa shape index (κ2) is 12.5. The number of nitrogens with zero attached hydrogens (tertiary/aromatic N) is 2. The number of rotatable bonds is 8. The summed E-state index contributed by atoms with van der Waals surface area (Å²) >= 11 is 0. The lowest BCUT2D eigenvalue weighted by atomic mass is 10.2. The molecule has 0 amide bonds. The van der Waals surface area contributed by atoms with E-state index in [0.29, 0.717) is 12.1 Å². The summed E-state index contributed by atoms with van der Waals surface area (Å²) in [7, 11) is 1.77. The zero-order valence-corrected chi connectivity index (χ0v) is 16.4. The molecule has 1 heterocycles. The van der Waals surface area contributed by atoms with Crippen LogP contribution in [0.4, 0.5) is 0 Å². The minimum Gasteiger partial charge on any atom is -0.383 e. The van der Waals surface area contributed by atoms with Crippen LogP contribution < -0.4 is 10.6 Å². The van der Waals surface area contributed by atoms with E-state index in [1.807, 2.05) is 0 Å². The minimum absolute atomic E-state index is 0. The molecule has 1 aliphatic heterocycles. The van der Waals surface area contributed by atoms with Gasteiger partial charge in [-0.2, -0.15) is 0 Å². The molecule has 1 rings (SSSR count). The van der Waals surface area contributed by atoms with Gasteiger partial charge in [0.2, 0.25) is 0 Å². The number of aliphatic imine (C=N–C) groups is 1. The van der Waals surface area contributed by atoms with Crippen LogP contribution in [0.3, 0.4) is 0 Å². The molecule has 0 aliphatic carbocycles. The van der Waals surface area contributed by atoms with Gasteiger partial charge in [-0.1, -0.05) is 6.92 Å². The van der Waals surface area contributed by atoms with Crippen LogP contribution >= 0.6 is 24.0 Å². The molecule has 0 spiro atoms. The third-order valence-corrected chi connectivity index (χ3v) is 3.88. The molecule has 2 unspecified atom stereocenters. The molecule has 0 aromatic carbocycles. The number of methoxy groups -OCH3 is 1. The number of likely N-dealkylation sites (tertiary alicyclic amines) is 1. The average molecular weight is 412 g/mol. The van der Waals surface area contributed by atoms with Gasteiger partial charge in [0.15, 0.2) is 5.96 Å². The monoisotopic (exact) mass is 412 g/mol. The summed E-state index contributed by atoms with van der Waals surface area (Å²) in [6, 6.07) is 1.03. The van der Waals surface area contributed by atoms with E-state index in [-0.39, 0.29) is 24.0 Å². The number of hydrogen-bond acceptors (Lipinski definition) is 3. The summed E-state index contributed by atoms with van der Waals surface area (Å²) in [5.41, 5.74) is 0. The van der Waals surface area contributed by atoms with Gasteiger partial charge in [-0.3, -0.25) is 9.89 Å². The van der Waals surface area contributed by atoms with Gasteiger partial charge in [0.25, 0.3) is 0 Å². The van der Waals surface area contributed by atoms with E-state index in [9.17, 15) is 0 Å². The van der Waals surface area contributed by atoms with E-state index < -0.39 is 0 Å². The van der Waals surface area contributed by atoms with Crippen molar-refractivity contribution in [1.29, 1.82) is 0 Å². The third-order valence-electron chi connectivity index (χ3n) is 3.88. The van der Waals surface area contributed by atoms with E-state index in [1.165, 1.54) is 19.4 Å². The molecule has 5 nitrogen and oxygen atoms in total. The highest BCUT2D eigenvalue weighted by Gasteiger charge is 2.23. The zero-order valence-electron chi connectivity index (χ0n) is 14.0. The van der Waals surface area contributed by atoms with Crippen LogP contribution in [-0.4, -0.2) is 62.8 Å². The van der Waals surface area contributed by atoms with Crippen molar-refractivity contribution in [3.05, 3.63) is 0 Å². The Hall–Kier alpha value is -0.0800. The molecule has 0 bridgehead atoms. The highest BCUT2D eigenvalue weighted by atomic mass is 127. The predicted octanol–water partition coefficient (Wildman–Crippen LogP) is 2.07. The maximum absolute atomic E-state index is 5.18. The Morgan fingerprint density at radius 3 is 2.81 bits per heavy atom. The topological polar surface area (TPSA) is 48.9 Å². The fraction of sp³-hybridized carbons (Fsp3) is 0.933. The smallest absolute Gasteiger partial charge is 0.191 e. The van der Waals surface area contributed by atoms with Crippen molar-refractivity contribution in [1.82, 2.24) is 15.5 Å². The second-order valence-corrected chi connectivity index (χ2v) is 5.50. The fourth-order valence-electron chi connectivity index (χ4n) is 2.46.